The van der Waals surface area contributed by atoms with E-state index in [2.05, 4.69) is 16.7 Å². The van der Waals surface area contributed by atoms with Gasteiger partial charge in [0.1, 0.15) is 0 Å². The number of hydrogen-bond acceptors (Lipinski definition) is 3. The summed E-state index contributed by atoms with van der Waals surface area (Å²) in [7, 11) is 0. The number of benzene rings is 1. The summed E-state index contributed by atoms with van der Waals surface area (Å²) in [5.41, 5.74) is 2.34. The fourth-order valence-corrected chi connectivity index (χ4v) is 2.44. The molecule has 5 heteroatoms. The number of thioether (sulfide) groups is 1. The Bertz CT molecular complexity index is 489. The molecule has 3 amide bonds. The van der Waals surface area contributed by atoms with E-state index in [1.54, 1.807) is 0 Å². The van der Waals surface area contributed by atoms with Crippen LogP contribution in [0.3, 0.4) is 0 Å². The van der Waals surface area contributed by atoms with Crippen LogP contribution in [-0.4, -0.2) is 23.7 Å². The summed E-state index contributed by atoms with van der Waals surface area (Å²) in [6.45, 7) is 7.92. The second kappa shape index (κ2) is 7.94. The van der Waals surface area contributed by atoms with E-state index in [0.717, 1.165) is 16.9 Å². The van der Waals surface area contributed by atoms with Crippen LogP contribution in [-0.2, 0) is 4.79 Å². The van der Waals surface area contributed by atoms with E-state index in [4.69, 9.17) is 0 Å². The first-order valence-corrected chi connectivity index (χ1v) is 7.71. The van der Waals surface area contributed by atoms with Crippen molar-refractivity contribution in [2.24, 2.45) is 0 Å². The maximum absolute atomic E-state index is 11.7. The van der Waals surface area contributed by atoms with Crippen LogP contribution in [0.4, 0.5) is 4.79 Å². The fraction of sp³-hybridized carbons (Fsp3) is 0.467. The summed E-state index contributed by atoms with van der Waals surface area (Å²) in [6.07, 6.45) is 0.832. The molecule has 0 heterocycles. The highest BCUT2D eigenvalue weighted by atomic mass is 32.2. The number of amides is 3. The van der Waals surface area contributed by atoms with Gasteiger partial charge in [0.25, 0.3) is 0 Å². The largest absolute Gasteiger partial charge is 0.335 e. The quantitative estimate of drug-likeness (QED) is 0.821. The third-order valence-electron chi connectivity index (χ3n) is 2.93. The molecule has 0 saturated carbocycles. The van der Waals surface area contributed by atoms with Crippen molar-refractivity contribution in [1.29, 1.82) is 0 Å². The third-order valence-corrected chi connectivity index (χ3v) is 4.11. The molecule has 0 spiro atoms. The fourth-order valence-electron chi connectivity index (χ4n) is 1.63. The first-order chi connectivity index (χ1) is 9.42. The summed E-state index contributed by atoms with van der Waals surface area (Å²) in [4.78, 5) is 24.2. The van der Waals surface area contributed by atoms with Crippen LogP contribution in [0.15, 0.2) is 23.1 Å². The second-order valence-electron chi connectivity index (χ2n) is 4.89. The minimum atomic E-state index is -0.425. The zero-order valence-electron chi connectivity index (χ0n) is 12.4. The van der Waals surface area contributed by atoms with Gasteiger partial charge in [-0.05, 0) is 38.8 Å². The minimum absolute atomic E-state index is 0.0646. The smallest absolute Gasteiger partial charge is 0.321 e. The van der Waals surface area contributed by atoms with Gasteiger partial charge in [0.05, 0.1) is 5.75 Å². The van der Waals surface area contributed by atoms with Gasteiger partial charge < -0.3 is 5.32 Å². The van der Waals surface area contributed by atoms with Crippen molar-refractivity contribution in [1.82, 2.24) is 10.6 Å². The van der Waals surface area contributed by atoms with Crippen LogP contribution in [0.5, 0.6) is 0 Å². The molecular weight excluding hydrogens is 272 g/mol. The molecule has 0 unspecified atom stereocenters. The Hall–Kier alpha value is -1.49. The van der Waals surface area contributed by atoms with Crippen molar-refractivity contribution in [3.05, 3.63) is 29.3 Å². The molecule has 4 nitrogen and oxygen atoms in total. The van der Waals surface area contributed by atoms with Gasteiger partial charge in [0.15, 0.2) is 0 Å². The Morgan fingerprint density at radius 1 is 1.30 bits per heavy atom. The lowest BCUT2D eigenvalue weighted by atomic mass is 10.2. The second-order valence-corrected chi connectivity index (χ2v) is 5.91. The third kappa shape index (κ3) is 5.65. The van der Waals surface area contributed by atoms with Crippen LogP contribution >= 0.6 is 11.8 Å². The van der Waals surface area contributed by atoms with Gasteiger partial charge in [-0.2, -0.15) is 0 Å². The van der Waals surface area contributed by atoms with Gasteiger partial charge in [-0.1, -0.05) is 24.6 Å². The van der Waals surface area contributed by atoms with E-state index >= 15 is 0 Å². The van der Waals surface area contributed by atoms with Gasteiger partial charge >= 0.3 is 6.03 Å². The first-order valence-electron chi connectivity index (χ1n) is 6.72. The van der Waals surface area contributed by atoms with Gasteiger partial charge in [-0.15, -0.1) is 11.8 Å². The number of urea groups is 1. The molecule has 0 aliphatic heterocycles. The number of hydrogen-bond donors (Lipinski definition) is 2. The zero-order chi connectivity index (χ0) is 15.1. The highest BCUT2D eigenvalue weighted by Crippen LogP contribution is 2.22. The lowest BCUT2D eigenvalue weighted by Gasteiger charge is -2.12. The lowest BCUT2D eigenvalue weighted by Crippen LogP contribution is -2.43. The van der Waals surface area contributed by atoms with Crippen molar-refractivity contribution >= 4 is 23.7 Å². The van der Waals surface area contributed by atoms with Crippen LogP contribution in [0.25, 0.3) is 0 Å². The molecule has 0 aliphatic rings. The van der Waals surface area contributed by atoms with E-state index in [9.17, 15) is 9.59 Å². The Kier molecular flexibility index (Phi) is 6.58. The molecule has 1 atom stereocenters. The van der Waals surface area contributed by atoms with Crippen LogP contribution < -0.4 is 10.6 Å². The van der Waals surface area contributed by atoms with E-state index in [0.29, 0.717) is 0 Å². The lowest BCUT2D eigenvalue weighted by molar-refractivity contribution is -0.117. The average Bonchev–Trinajstić information content (AvgIpc) is 2.37. The summed E-state index contributed by atoms with van der Waals surface area (Å²) in [6, 6.07) is 5.74. The maximum atomic E-state index is 11.7. The maximum Gasteiger partial charge on any atom is 0.321 e. The summed E-state index contributed by atoms with van der Waals surface area (Å²) in [5, 5.41) is 5.03. The van der Waals surface area contributed by atoms with Crippen molar-refractivity contribution in [2.45, 2.75) is 45.1 Å². The Balaban J connectivity index is 2.41. The molecule has 0 fully saturated rings. The zero-order valence-corrected chi connectivity index (χ0v) is 13.3. The number of aryl methyl sites for hydroxylation is 2. The molecule has 110 valence electrons. The van der Waals surface area contributed by atoms with E-state index in [1.807, 2.05) is 39.8 Å². The number of nitrogens with one attached hydrogen (secondary N) is 2. The van der Waals surface area contributed by atoms with Gasteiger partial charge in [-0.25, -0.2) is 4.79 Å². The Morgan fingerprint density at radius 3 is 2.60 bits per heavy atom. The summed E-state index contributed by atoms with van der Waals surface area (Å²) < 4.78 is 0. The molecule has 20 heavy (non-hydrogen) atoms. The van der Waals surface area contributed by atoms with E-state index in [-0.39, 0.29) is 17.7 Å². The number of rotatable bonds is 5. The van der Waals surface area contributed by atoms with Crippen molar-refractivity contribution < 1.29 is 9.59 Å². The average molecular weight is 294 g/mol. The van der Waals surface area contributed by atoms with Crippen molar-refractivity contribution in [3.8, 4) is 0 Å². The number of imide groups is 1. The van der Waals surface area contributed by atoms with Crippen LogP contribution in [0.2, 0.25) is 0 Å². The van der Waals surface area contributed by atoms with Crippen LogP contribution in [0.1, 0.15) is 31.4 Å². The van der Waals surface area contributed by atoms with Crippen molar-refractivity contribution in [2.75, 3.05) is 5.75 Å². The number of carbonyl (C=O) groups is 2. The predicted octanol–water partition coefficient (Wildman–Crippen LogP) is 3.02. The molecule has 0 saturated heterocycles. The molecule has 1 rings (SSSR count). The Morgan fingerprint density at radius 2 is 2.00 bits per heavy atom. The summed E-state index contributed by atoms with van der Waals surface area (Å²) >= 11 is 1.44. The van der Waals surface area contributed by atoms with Gasteiger partial charge in [-0.3, -0.25) is 10.1 Å². The highest BCUT2D eigenvalue weighted by Gasteiger charge is 2.10. The normalized spacial score (nSPS) is 11.8. The van der Waals surface area contributed by atoms with E-state index < -0.39 is 6.03 Å². The monoisotopic (exact) mass is 294 g/mol. The molecule has 1 aromatic carbocycles. The Labute approximate surface area is 124 Å². The first kappa shape index (κ1) is 16.6. The SMILES string of the molecule is CC[C@@H](C)NC(=O)NC(=O)CSc1ccc(C)cc1C. The molecule has 2 N–H and O–H groups in total. The standard InChI is InChI=1S/C15H22N2O2S/c1-5-12(4)16-15(19)17-14(18)9-20-13-7-6-10(2)8-11(13)3/h6-8,12H,5,9H2,1-4H3,(H2,16,17,18,19)/t12-/m1/s1. The minimum Gasteiger partial charge on any atom is -0.335 e. The number of carbonyl (C=O) groups excluding carboxylic acids is 2. The van der Waals surface area contributed by atoms with Crippen LogP contribution in [0, 0.1) is 13.8 Å². The molecule has 0 aliphatic carbocycles. The highest BCUT2D eigenvalue weighted by molar-refractivity contribution is 8.00. The topological polar surface area (TPSA) is 58.2 Å². The molecule has 1 aromatic rings. The van der Waals surface area contributed by atoms with E-state index in [1.165, 1.54) is 17.3 Å². The van der Waals surface area contributed by atoms with Gasteiger partial charge in [0, 0.05) is 10.9 Å². The van der Waals surface area contributed by atoms with Crippen molar-refractivity contribution in [3.63, 3.8) is 0 Å². The predicted molar refractivity (Wildman–Crippen MR) is 83.1 cm³/mol. The molecular formula is C15H22N2O2S. The molecule has 0 bridgehead atoms. The molecule has 0 radical (unpaired) electrons. The van der Waals surface area contributed by atoms with Gasteiger partial charge in [0.2, 0.25) is 5.91 Å². The molecule has 0 aromatic heterocycles. The summed E-state index contributed by atoms with van der Waals surface area (Å²) in [5.74, 6) is -0.0477.